The van der Waals surface area contributed by atoms with Gasteiger partial charge in [-0.05, 0) is 195 Å². The summed E-state index contributed by atoms with van der Waals surface area (Å²) in [5.74, 6) is 0. The highest BCUT2D eigenvalue weighted by Crippen LogP contribution is 2.44. The van der Waals surface area contributed by atoms with Crippen LogP contribution in [-0.4, -0.2) is 22.8 Å². The van der Waals surface area contributed by atoms with Crippen LogP contribution in [0.4, 0.5) is 0 Å². The SMILES string of the molecule is c1ccc(-n2c3ccccc3c3cc(-n4c5ccccc5c5cc(-c6ccc7c(c6)c6ccccc6n7-c6ccc7ccccc7c6)ccc54)ccc32)cc1.c1ccc2cc(-n3c4ccccc4c4cc(-c5ccc6c(c5)c5ccccc5n6-c5ccc6c(c5)sc5ccccc56)ccc43)ccc2c1. The van der Waals surface area contributed by atoms with Crippen molar-refractivity contribution in [1.29, 1.82) is 0 Å². The van der Waals surface area contributed by atoms with Gasteiger partial charge >= 0.3 is 0 Å². The van der Waals surface area contributed by atoms with Crippen molar-refractivity contribution in [1.82, 2.24) is 22.8 Å². The smallest absolute Gasteiger partial charge is 0.0542 e. The minimum atomic E-state index is 1.16. The summed E-state index contributed by atoms with van der Waals surface area (Å²) >= 11 is 1.87. The fourth-order valence-electron chi connectivity index (χ4n) is 17.2. The van der Waals surface area contributed by atoms with E-state index in [2.05, 4.69) is 393 Å². The summed E-state index contributed by atoms with van der Waals surface area (Å²) in [6.45, 7) is 0. The van der Waals surface area contributed by atoms with E-state index in [1.165, 1.54) is 196 Å². The summed E-state index contributed by atoms with van der Waals surface area (Å²) < 4.78 is 14.7. The molecule has 0 saturated carbocycles. The third-order valence-corrected chi connectivity index (χ3v) is 23.0. The van der Waals surface area contributed by atoms with E-state index in [4.69, 9.17) is 0 Å². The molecular formula is C98H61N5S. The van der Waals surface area contributed by atoms with E-state index >= 15 is 0 Å². The van der Waals surface area contributed by atoms with Crippen molar-refractivity contribution >= 4 is 162 Å². The minimum Gasteiger partial charge on any atom is -0.309 e. The van der Waals surface area contributed by atoms with Crippen molar-refractivity contribution in [3.63, 3.8) is 0 Å². The minimum absolute atomic E-state index is 1.16. The second kappa shape index (κ2) is 23.0. The highest BCUT2D eigenvalue weighted by atomic mass is 32.1. The molecule has 0 unspecified atom stereocenters. The molecule has 104 heavy (non-hydrogen) atoms. The molecule has 0 fully saturated rings. The van der Waals surface area contributed by atoms with Gasteiger partial charge in [0, 0.05) is 102 Å². The maximum atomic E-state index is 2.43. The van der Waals surface area contributed by atoms with Crippen molar-refractivity contribution in [3.05, 3.63) is 370 Å². The molecule has 0 aliphatic rings. The Labute approximate surface area is 601 Å². The summed E-state index contributed by atoms with van der Waals surface area (Å²) in [5, 5.41) is 20.2. The molecule has 6 heteroatoms. The zero-order valence-electron chi connectivity index (χ0n) is 56.4. The van der Waals surface area contributed by atoms with Crippen LogP contribution in [0.25, 0.3) is 201 Å². The molecular weight excluding hydrogens is 1280 g/mol. The van der Waals surface area contributed by atoms with Crippen LogP contribution >= 0.6 is 11.3 Å². The van der Waals surface area contributed by atoms with Gasteiger partial charge in [-0.15, -0.1) is 11.3 Å². The Hall–Kier alpha value is -13.5. The summed E-state index contributed by atoms with van der Waals surface area (Å²) in [6, 6.07) is 136. The van der Waals surface area contributed by atoms with Gasteiger partial charge in [0.2, 0.25) is 0 Å². The molecule has 6 aromatic heterocycles. The number of benzene rings is 17. The number of nitrogens with zero attached hydrogens (tertiary/aromatic N) is 5. The van der Waals surface area contributed by atoms with Crippen molar-refractivity contribution < 1.29 is 0 Å². The van der Waals surface area contributed by atoms with Gasteiger partial charge in [0.25, 0.3) is 0 Å². The lowest BCUT2D eigenvalue weighted by atomic mass is 10.0. The van der Waals surface area contributed by atoms with Gasteiger partial charge in [-0.1, -0.05) is 218 Å². The first-order valence-corrected chi connectivity index (χ1v) is 36.5. The van der Waals surface area contributed by atoms with E-state index in [0.717, 1.165) is 5.69 Å². The maximum Gasteiger partial charge on any atom is 0.0542 e. The number of fused-ring (bicyclic) bond motifs is 20. The highest BCUT2D eigenvalue weighted by molar-refractivity contribution is 7.25. The molecule has 0 amide bonds. The molecule has 0 saturated heterocycles. The number of aromatic nitrogens is 5. The fourth-order valence-corrected chi connectivity index (χ4v) is 18.3. The molecule has 17 aromatic carbocycles. The zero-order chi connectivity index (χ0) is 68.1. The van der Waals surface area contributed by atoms with Crippen LogP contribution < -0.4 is 0 Å². The predicted octanol–water partition coefficient (Wildman–Crippen LogP) is 26.9. The summed E-state index contributed by atoms with van der Waals surface area (Å²) in [5.41, 5.74) is 22.9. The first-order valence-electron chi connectivity index (χ1n) is 35.7. The molecule has 23 rings (SSSR count). The molecule has 0 radical (unpaired) electrons. The normalized spacial score (nSPS) is 12.0. The Balaban J connectivity index is 0.000000132. The standard InChI is InChI=1S/C52H33N3.C46H28N2S/c1-2-14-38(15-3-1)53-47-19-9-8-18-43(47)46-33-40(26-29-52(46)53)55-49-21-11-7-17-42(49)45-32-37(24-28-51(45)55)36-23-27-50-44(31-36)41-16-6-10-20-48(41)54(50)39-25-22-34-12-4-5-13-35(34)30-39;1-2-10-30-25-33(20-17-29(30)9-1)47-41-14-6-3-11-35(41)39-26-31(18-23-43(39)47)32-19-24-44-40(27-32)36-12-4-7-15-42(36)48(44)34-21-22-38-37-13-5-8-16-45(37)49-46(38)28-34/h1-33H;1-28H. The molecule has 6 heterocycles. The Morgan fingerprint density at radius 1 is 0.144 bits per heavy atom. The largest absolute Gasteiger partial charge is 0.309 e. The molecule has 0 aliphatic carbocycles. The first-order chi connectivity index (χ1) is 51.6. The Morgan fingerprint density at radius 3 is 0.846 bits per heavy atom. The Bertz CT molecular complexity index is 7500. The number of rotatable bonds is 7. The Kier molecular flexibility index (Phi) is 12.9. The molecule has 0 aliphatic heterocycles. The van der Waals surface area contributed by atoms with Crippen LogP contribution in [0.5, 0.6) is 0 Å². The van der Waals surface area contributed by atoms with E-state index in [1.807, 2.05) is 11.3 Å². The lowest BCUT2D eigenvalue weighted by Crippen LogP contribution is -1.95. The number of thiophene rings is 1. The zero-order valence-corrected chi connectivity index (χ0v) is 57.2. The third kappa shape index (κ3) is 8.99. The molecule has 0 N–H and O–H groups in total. The number of hydrogen-bond acceptors (Lipinski definition) is 1. The first kappa shape index (κ1) is 58.3. The predicted molar refractivity (Wildman–Crippen MR) is 443 cm³/mol. The van der Waals surface area contributed by atoms with Crippen molar-refractivity contribution in [2.24, 2.45) is 0 Å². The number of hydrogen-bond donors (Lipinski definition) is 0. The van der Waals surface area contributed by atoms with Crippen LogP contribution in [0.3, 0.4) is 0 Å². The van der Waals surface area contributed by atoms with E-state index < -0.39 is 0 Å². The topological polar surface area (TPSA) is 24.6 Å². The summed E-state index contributed by atoms with van der Waals surface area (Å²) in [4.78, 5) is 0. The molecule has 5 nitrogen and oxygen atoms in total. The van der Waals surface area contributed by atoms with Crippen LogP contribution in [0.15, 0.2) is 370 Å². The van der Waals surface area contributed by atoms with Crippen molar-refractivity contribution in [2.45, 2.75) is 0 Å². The maximum absolute atomic E-state index is 2.43. The molecule has 484 valence electrons. The van der Waals surface area contributed by atoms with E-state index in [9.17, 15) is 0 Å². The molecule has 0 atom stereocenters. The molecule has 0 bridgehead atoms. The summed E-state index contributed by atoms with van der Waals surface area (Å²) in [6.07, 6.45) is 0. The highest BCUT2D eigenvalue weighted by Gasteiger charge is 2.22. The summed E-state index contributed by atoms with van der Waals surface area (Å²) in [7, 11) is 0. The van der Waals surface area contributed by atoms with Crippen molar-refractivity contribution in [2.75, 3.05) is 0 Å². The van der Waals surface area contributed by atoms with Crippen LogP contribution in [0, 0.1) is 0 Å². The Morgan fingerprint density at radius 2 is 0.423 bits per heavy atom. The third-order valence-electron chi connectivity index (χ3n) is 21.9. The average molecular weight is 1340 g/mol. The van der Waals surface area contributed by atoms with Crippen LogP contribution in [-0.2, 0) is 0 Å². The van der Waals surface area contributed by atoms with E-state index in [1.54, 1.807) is 0 Å². The van der Waals surface area contributed by atoms with E-state index in [-0.39, 0.29) is 0 Å². The lowest BCUT2D eigenvalue weighted by molar-refractivity contribution is 1.17. The van der Waals surface area contributed by atoms with Gasteiger partial charge in [-0.3, -0.25) is 0 Å². The van der Waals surface area contributed by atoms with E-state index in [0.29, 0.717) is 0 Å². The molecule has 23 aromatic rings. The second-order valence-electron chi connectivity index (χ2n) is 27.6. The molecule has 0 spiro atoms. The van der Waals surface area contributed by atoms with Crippen LogP contribution in [0.2, 0.25) is 0 Å². The van der Waals surface area contributed by atoms with Crippen molar-refractivity contribution in [3.8, 4) is 50.7 Å². The number of para-hydroxylation sites is 6. The van der Waals surface area contributed by atoms with Gasteiger partial charge in [0.1, 0.15) is 0 Å². The van der Waals surface area contributed by atoms with Gasteiger partial charge in [-0.2, -0.15) is 0 Å². The average Bonchev–Trinajstić information content (AvgIpc) is 1.58. The quantitative estimate of drug-likeness (QED) is 0.152. The van der Waals surface area contributed by atoms with Gasteiger partial charge in [-0.25, -0.2) is 0 Å². The fraction of sp³-hybridized carbons (Fsp3) is 0. The van der Waals surface area contributed by atoms with Gasteiger partial charge in [0.05, 0.1) is 55.2 Å². The van der Waals surface area contributed by atoms with Gasteiger partial charge in [0.15, 0.2) is 0 Å². The monoisotopic (exact) mass is 1340 g/mol. The van der Waals surface area contributed by atoms with Gasteiger partial charge < -0.3 is 22.8 Å². The second-order valence-corrected chi connectivity index (χ2v) is 28.7. The van der Waals surface area contributed by atoms with Crippen LogP contribution in [0.1, 0.15) is 0 Å². The lowest BCUT2D eigenvalue weighted by Gasteiger charge is -2.11.